The fraction of sp³-hybridized carbons (Fsp3) is 0.188. The maximum Gasteiger partial charge on any atom is 0.288 e. The van der Waals surface area contributed by atoms with E-state index in [-0.39, 0.29) is 5.56 Å². The zero-order chi connectivity index (χ0) is 18.9. The minimum Gasteiger partial charge on any atom is -0.486 e. The smallest absolute Gasteiger partial charge is 0.288 e. The Bertz CT molecular complexity index is 1000. The number of benzene rings is 2. The third-order valence-corrected chi connectivity index (χ3v) is 4.76. The van der Waals surface area contributed by atoms with Crippen molar-refractivity contribution in [2.24, 2.45) is 0 Å². The van der Waals surface area contributed by atoms with Crippen LogP contribution in [0.15, 0.2) is 41.3 Å². The summed E-state index contributed by atoms with van der Waals surface area (Å²) in [4.78, 5) is 22.2. The number of carbonyl (C=O) groups excluding carboxylic acids is 1. The van der Waals surface area contributed by atoms with Gasteiger partial charge < -0.3 is 14.8 Å². The molecule has 0 aliphatic carbocycles. The van der Waals surface area contributed by atoms with Crippen LogP contribution in [0.3, 0.4) is 0 Å². The van der Waals surface area contributed by atoms with Crippen molar-refractivity contribution in [3.63, 3.8) is 0 Å². The van der Waals surface area contributed by atoms with Crippen LogP contribution < -0.4 is 14.8 Å². The highest BCUT2D eigenvalue weighted by atomic mass is 32.2. The highest BCUT2D eigenvalue weighted by Crippen LogP contribution is 2.33. The van der Waals surface area contributed by atoms with Crippen molar-refractivity contribution in [2.45, 2.75) is 4.90 Å². The van der Waals surface area contributed by atoms with Gasteiger partial charge in [-0.05, 0) is 24.3 Å². The van der Waals surface area contributed by atoms with Crippen LogP contribution >= 0.6 is 0 Å². The van der Waals surface area contributed by atoms with Gasteiger partial charge in [0, 0.05) is 29.6 Å². The van der Waals surface area contributed by atoms with Gasteiger partial charge in [-0.15, -0.1) is 0 Å². The highest BCUT2D eigenvalue weighted by Gasteiger charge is 2.24. The minimum absolute atomic E-state index is 0.0426. The summed E-state index contributed by atoms with van der Waals surface area (Å²) in [7, 11) is -3.79. The van der Waals surface area contributed by atoms with Crippen LogP contribution in [0.5, 0.6) is 11.5 Å². The van der Waals surface area contributed by atoms with Crippen LogP contribution in [0, 0.1) is 10.1 Å². The van der Waals surface area contributed by atoms with E-state index in [1.54, 1.807) is 18.2 Å². The molecule has 0 atom stereocenters. The summed E-state index contributed by atoms with van der Waals surface area (Å²) in [5.74, 6) is 0.416. The first-order valence-corrected chi connectivity index (χ1v) is 9.34. The van der Waals surface area contributed by atoms with E-state index < -0.39 is 31.3 Å². The predicted molar refractivity (Wildman–Crippen MR) is 91.6 cm³/mol. The normalized spacial score (nSPS) is 13.1. The molecule has 26 heavy (non-hydrogen) atoms. The molecule has 0 spiro atoms. The van der Waals surface area contributed by atoms with E-state index in [2.05, 4.69) is 5.32 Å². The summed E-state index contributed by atoms with van der Waals surface area (Å²) in [5, 5.41) is 13.7. The minimum atomic E-state index is -3.79. The number of sulfone groups is 1. The molecule has 1 aliphatic heterocycles. The Morgan fingerprint density at radius 2 is 1.81 bits per heavy atom. The number of carbonyl (C=O) groups is 1. The van der Waals surface area contributed by atoms with Crippen LogP contribution in [0.1, 0.15) is 10.4 Å². The Balaban J connectivity index is 1.88. The molecule has 10 heteroatoms. The Morgan fingerprint density at radius 3 is 2.46 bits per heavy atom. The molecule has 1 amide bonds. The SMILES string of the molecule is CS(=O)(=O)c1ccc(C(=O)Nc2ccc3c(c2)OCCO3)cc1[N+](=O)[O-]. The molecular formula is C16H14N2O7S. The second-order valence-electron chi connectivity index (χ2n) is 5.52. The monoisotopic (exact) mass is 378 g/mol. The number of nitro groups is 1. The van der Waals surface area contributed by atoms with Crippen molar-refractivity contribution in [3.8, 4) is 11.5 Å². The molecular weight excluding hydrogens is 364 g/mol. The van der Waals surface area contributed by atoms with Gasteiger partial charge in [-0.25, -0.2) is 8.42 Å². The molecule has 0 saturated heterocycles. The molecule has 2 aromatic rings. The van der Waals surface area contributed by atoms with Gasteiger partial charge in [0.05, 0.1) is 4.92 Å². The predicted octanol–water partition coefficient (Wildman–Crippen LogP) is 2.02. The maximum absolute atomic E-state index is 12.4. The number of fused-ring (bicyclic) bond motifs is 1. The first kappa shape index (κ1) is 17.7. The van der Waals surface area contributed by atoms with Gasteiger partial charge >= 0.3 is 0 Å². The standard InChI is InChI=1S/C16H14N2O7S/c1-26(22,23)15-5-2-10(8-12(15)18(20)21)16(19)17-11-3-4-13-14(9-11)25-7-6-24-13/h2-5,8-9H,6-7H2,1H3,(H,17,19). The number of ether oxygens (including phenoxy) is 2. The number of amides is 1. The van der Waals surface area contributed by atoms with E-state index in [4.69, 9.17) is 9.47 Å². The van der Waals surface area contributed by atoms with Crippen molar-refractivity contribution in [3.05, 3.63) is 52.1 Å². The van der Waals surface area contributed by atoms with Gasteiger partial charge in [-0.2, -0.15) is 0 Å². The summed E-state index contributed by atoms with van der Waals surface area (Å²) < 4.78 is 34.1. The number of nitrogens with zero attached hydrogens (tertiary/aromatic N) is 1. The van der Waals surface area contributed by atoms with Gasteiger partial charge in [0.1, 0.15) is 18.1 Å². The number of hydrogen-bond acceptors (Lipinski definition) is 7. The second kappa shape index (κ2) is 6.64. The van der Waals surface area contributed by atoms with E-state index in [0.29, 0.717) is 30.4 Å². The lowest BCUT2D eigenvalue weighted by molar-refractivity contribution is -0.387. The average molecular weight is 378 g/mol. The number of anilines is 1. The molecule has 0 aromatic heterocycles. The molecule has 0 radical (unpaired) electrons. The lowest BCUT2D eigenvalue weighted by atomic mass is 10.1. The van der Waals surface area contributed by atoms with Crippen molar-refractivity contribution < 1.29 is 27.6 Å². The molecule has 2 aromatic carbocycles. The number of rotatable bonds is 4. The zero-order valence-electron chi connectivity index (χ0n) is 13.6. The third-order valence-electron chi connectivity index (χ3n) is 3.62. The zero-order valence-corrected chi connectivity index (χ0v) is 14.4. The summed E-state index contributed by atoms with van der Waals surface area (Å²) in [6.45, 7) is 0.832. The molecule has 1 aliphatic rings. The maximum atomic E-state index is 12.4. The van der Waals surface area contributed by atoms with Crippen LogP contribution in [-0.2, 0) is 9.84 Å². The number of nitro benzene ring substituents is 1. The molecule has 1 heterocycles. The third kappa shape index (κ3) is 3.59. The van der Waals surface area contributed by atoms with Gasteiger partial charge in [-0.1, -0.05) is 0 Å². The van der Waals surface area contributed by atoms with Crippen LogP contribution in [-0.4, -0.2) is 38.7 Å². The molecule has 0 fully saturated rings. The van der Waals surface area contributed by atoms with E-state index in [1.807, 2.05) is 0 Å². The molecule has 1 N–H and O–H groups in total. The van der Waals surface area contributed by atoms with Crippen molar-refractivity contribution in [2.75, 3.05) is 24.8 Å². The van der Waals surface area contributed by atoms with E-state index in [1.165, 1.54) is 6.07 Å². The van der Waals surface area contributed by atoms with Crippen LogP contribution in [0.2, 0.25) is 0 Å². The van der Waals surface area contributed by atoms with Gasteiger partial charge in [0.15, 0.2) is 21.3 Å². The van der Waals surface area contributed by atoms with E-state index in [9.17, 15) is 23.3 Å². The summed E-state index contributed by atoms with van der Waals surface area (Å²) in [5.41, 5.74) is -0.282. The van der Waals surface area contributed by atoms with Crippen LogP contribution in [0.4, 0.5) is 11.4 Å². The molecule has 136 valence electrons. The van der Waals surface area contributed by atoms with Gasteiger partial charge in [-0.3, -0.25) is 14.9 Å². The molecule has 3 rings (SSSR count). The molecule has 0 saturated carbocycles. The van der Waals surface area contributed by atoms with Crippen molar-refractivity contribution in [1.29, 1.82) is 0 Å². The van der Waals surface area contributed by atoms with Crippen LogP contribution in [0.25, 0.3) is 0 Å². The quantitative estimate of drug-likeness (QED) is 0.637. The second-order valence-corrected chi connectivity index (χ2v) is 7.51. The lowest BCUT2D eigenvalue weighted by Gasteiger charge is -2.19. The Morgan fingerprint density at radius 1 is 1.12 bits per heavy atom. The van der Waals surface area contributed by atoms with E-state index >= 15 is 0 Å². The fourth-order valence-electron chi connectivity index (χ4n) is 2.44. The molecule has 0 bridgehead atoms. The van der Waals surface area contributed by atoms with E-state index in [0.717, 1.165) is 18.4 Å². The average Bonchev–Trinajstić information content (AvgIpc) is 2.60. The van der Waals surface area contributed by atoms with Gasteiger partial charge in [0.25, 0.3) is 11.6 Å². The van der Waals surface area contributed by atoms with Crippen molar-refractivity contribution >= 4 is 27.1 Å². The first-order chi connectivity index (χ1) is 12.3. The Hall–Kier alpha value is -3.14. The number of nitrogens with one attached hydrogen (secondary N) is 1. The first-order valence-electron chi connectivity index (χ1n) is 7.45. The summed E-state index contributed by atoms with van der Waals surface area (Å²) >= 11 is 0. The number of hydrogen-bond donors (Lipinski definition) is 1. The largest absolute Gasteiger partial charge is 0.486 e. The lowest BCUT2D eigenvalue weighted by Crippen LogP contribution is -2.16. The highest BCUT2D eigenvalue weighted by molar-refractivity contribution is 7.90. The van der Waals surface area contributed by atoms with Gasteiger partial charge in [0.2, 0.25) is 0 Å². The Labute approximate surface area is 148 Å². The fourth-order valence-corrected chi connectivity index (χ4v) is 3.27. The molecule has 9 nitrogen and oxygen atoms in total. The summed E-state index contributed by atoms with van der Waals surface area (Å²) in [6.07, 6.45) is 0.865. The summed E-state index contributed by atoms with van der Waals surface area (Å²) in [6, 6.07) is 8.02. The molecule has 0 unspecified atom stereocenters. The van der Waals surface area contributed by atoms with Crippen molar-refractivity contribution in [1.82, 2.24) is 0 Å². The Kier molecular flexibility index (Phi) is 4.51. The topological polar surface area (TPSA) is 125 Å².